The van der Waals surface area contributed by atoms with Crippen molar-refractivity contribution in [3.8, 4) is 11.5 Å². The molecule has 1 fully saturated rings. The molecule has 0 saturated carbocycles. The molecule has 0 unspecified atom stereocenters. The number of ether oxygens (including phenoxy) is 1. The topological polar surface area (TPSA) is 116 Å². The molecule has 5 rings (SSSR count). The third-order valence-electron chi connectivity index (χ3n) is 6.79. The summed E-state index contributed by atoms with van der Waals surface area (Å²) in [5.74, 6) is 0.168. The molecule has 2 aliphatic rings. The molecule has 0 radical (unpaired) electrons. The first kappa shape index (κ1) is 23.6. The second-order valence-corrected chi connectivity index (χ2v) is 9.42. The lowest BCUT2D eigenvalue weighted by molar-refractivity contribution is -0.123. The van der Waals surface area contributed by atoms with Gasteiger partial charge in [-0.15, -0.1) is 0 Å². The molecule has 186 valence electrons. The number of nitrogens with one attached hydrogen (secondary N) is 3. The first-order valence-electron chi connectivity index (χ1n) is 12.3. The maximum Gasteiger partial charge on any atom is 0.258 e. The minimum atomic E-state index is -0.949. The second-order valence-electron chi connectivity index (χ2n) is 9.42. The number of anilines is 3. The Labute approximate surface area is 208 Å². The number of H-pyrrole nitrogens is 1. The van der Waals surface area contributed by atoms with E-state index in [4.69, 9.17) is 4.74 Å². The summed E-state index contributed by atoms with van der Waals surface area (Å²) in [6, 6.07) is 16.7. The van der Waals surface area contributed by atoms with E-state index < -0.39 is 17.4 Å². The molecule has 9 nitrogen and oxygen atoms in total. The molecule has 1 aromatic heterocycles. The van der Waals surface area contributed by atoms with E-state index in [9.17, 15) is 14.4 Å². The molecule has 2 aromatic carbocycles. The summed E-state index contributed by atoms with van der Waals surface area (Å²) in [6.07, 6.45) is 2.98. The number of para-hydroxylation sites is 1. The van der Waals surface area contributed by atoms with Gasteiger partial charge in [-0.25, -0.2) is 0 Å². The van der Waals surface area contributed by atoms with E-state index in [0.717, 1.165) is 19.3 Å². The Balaban J connectivity index is 1.36. The van der Waals surface area contributed by atoms with Gasteiger partial charge >= 0.3 is 0 Å². The molecule has 3 N–H and O–H groups in total. The number of hydrogen-bond donors (Lipinski definition) is 3. The van der Waals surface area contributed by atoms with Gasteiger partial charge in [-0.2, -0.15) is 4.98 Å². The highest BCUT2D eigenvalue weighted by atomic mass is 16.5. The van der Waals surface area contributed by atoms with Gasteiger partial charge in [0.1, 0.15) is 17.3 Å². The highest BCUT2D eigenvalue weighted by molar-refractivity contribution is 6.04. The van der Waals surface area contributed by atoms with E-state index >= 15 is 0 Å². The van der Waals surface area contributed by atoms with Gasteiger partial charge in [0.05, 0.1) is 11.5 Å². The second kappa shape index (κ2) is 9.85. The van der Waals surface area contributed by atoms with Crippen molar-refractivity contribution in [3.63, 3.8) is 0 Å². The van der Waals surface area contributed by atoms with Gasteiger partial charge in [-0.1, -0.05) is 18.2 Å². The number of rotatable bonds is 5. The Bertz CT molecular complexity index is 1310. The zero-order valence-corrected chi connectivity index (χ0v) is 20.3. The van der Waals surface area contributed by atoms with Gasteiger partial charge in [0.15, 0.2) is 0 Å². The molecule has 3 aromatic rings. The quantitative estimate of drug-likeness (QED) is 0.491. The van der Waals surface area contributed by atoms with E-state index in [1.54, 1.807) is 24.3 Å². The van der Waals surface area contributed by atoms with Crippen LogP contribution in [-0.4, -0.2) is 33.9 Å². The van der Waals surface area contributed by atoms with Crippen molar-refractivity contribution in [2.75, 3.05) is 15.5 Å². The molecule has 36 heavy (non-hydrogen) atoms. The molecule has 0 spiro atoms. The highest BCUT2D eigenvalue weighted by Crippen LogP contribution is 2.33. The van der Waals surface area contributed by atoms with Crippen molar-refractivity contribution in [3.05, 3.63) is 70.5 Å². The summed E-state index contributed by atoms with van der Waals surface area (Å²) in [4.78, 5) is 48.3. The average molecular weight is 488 g/mol. The molecular weight excluding hydrogens is 458 g/mol. The number of aromatic amines is 1. The average Bonchev–Trinajstić information content (AvgIpc) is 2.85. The van der Waals surface area contributed by atoms with Crippen LogP contribution in [-0.2, 0) is 9.59 Å². The van der Waals surface area contributed by atoms with Crippen molar-refractivity contribution >= 4 is 29.3 Å². The van der Waals surface area contributed by atoms with Crippen molar-refractivity contribution in [1.29, 1.82) is 0 Å². The number of nitrogens with zero attached hydrogens (tertiary/aromatic N) is 2. The molecule has 0 bridgehead atoms. The lowest BCUT2D eigenvalue weighted by atomic mass is 9.92. The fraction of sp³-hybridized carbons (Fsp3) is 0.333. The minimum Gasteiger partial charge on any atom is -0.457 e. The lowest BCUT2D eigenvalue weighted by Gasteiger charge is -2.39. The van der Waals surface area contributed by atoms with Gasteiger partial charge in [0, 0.05) is 24.2 Å². The predicted octanol–water partition coefficient (Wildman–Crippen LogP) is 4.39. The Kier molecular flexibility index (Phi) is 6.45. The summed E-state index contributed by atoms with van der Waals surface area (Å²) in [5, 5.41) is 5.51. The molecule has 9 heteroatoms. The summed E-state index contributed by atoms with van der Waals surface area (Å²) in [6.45, 7) is 4.19. The minimum absolute atomic E-state index is 0.130. The van der Waals surface area contributed by atoms with Gasteiger partial charge in [0.2, 0.25) is 17.8 Å². The number of carbonyl (C=O) groups is 2. The molecule has 2 aliphatic heterocycles. The van der Waals surface area contributed by atoms with Crippen LogP contribution in [0, 0.1) is 0 Å². The molecular formula is C27H29N5O4. The van der Waals surface area contributed by atoms with E-state index in [1.165, 1.54) is 0 Å². The Morgan fingerprint density at radius 3 is 2.36 bits per heavy atom. The maximum atomic E-state index is 13.2. The summed E-state index contributed by atoms with van der Waals surface area (Å²) < 4.78 is 5.78. The number of piperidine rings is 1. The number of aromatic nitrogens is 2. The van der Waals surface area contributed by atoms with Crippen LogP contribution in [0.4, 0.5) is 17.5 Å². The fourth-order valence-corrected chi connectivity index (χ4v) is 5.00. The number of hydrogen-bond acceptors (Lipinski definition) is 6. The van der Waals surface area contributed by atoms with Crippen molar-refractivity contribution in [2.24, 2.45) is 0 Å². The number of fused-ring (bicyclic) bond motifs is 1. The number of carbonyl (C=O) groups excluding carboxylic acids is 2. The Morgan fingerprint density at radius 1 is 1.00 bits per heavy atom. The standard InChI is InChI=1S/C27H29N5O4/c1-16-7-6-8-17(2)32(16)27-30-24-23(26(35)31-27)21(15-22(33)29-24)25(34)28-18-11-13-20(14-12-18)36-19-9-4-3-5-10-19/h3-5,9-14,16-17,21H,6-8,15H2,1-2H3,(H,28,34)(H2,29,30,31,33,35)/t16-,17+,21-/m0/s1. The van der Waals surface area contributed by atoms with Crippen molar-refractivity contribution < 1.29 is 14.3 Å². The molecule has 2 amide bonds. The fourth-order valence-electron chi connectivity index (χ4n) is 5.00. The largest absolute Gasteiger partial charge is 0.457 e. The predicted molar refractivity (Wildman–Crippen MR) is 138 cm³/mol. The lowest BCUT2D eigenvalue weighted by Crippen LogP contribution is -2.46. The van der Waals surface area contributed by atoms with Crippen molar-refractivity contribution in [2.45, 2.75) is 57.5 Å². The van der Waals surface area contributed by atoms with Crippen LogP contribution in [0.5, 0.6) is 11.5 Å². The van der Waals surface area contributed by atoms with Crippen LogP contribution >= 0.6 is 0 Å². The zero-order chi connectivity index (χ0) is 25.2. The van der Waals surface area contributed by atoms with Crippen molar-refractivity contribution in [1.82, 2.24) is 9.97 Å². The Morgan fingerprint density at radius 2 is 1.67 bits per heavy atom. The first-order chi connectivity index (χ1) is 17.4. The Hall–Kier alpha value is -4.14. The van der Waals surface area contributed by atoms with E-state index in [-0.39, 0.29) is 35.8 Å². The monoisotopic (exact) mass is 487 g/mol. The third-order valence-corrected chi connectivity index (χ3v) is 6.79. The van der Waals surface area contributed by atoms with Gasteiger partial charge in [-0.3, -0.25) is 19.4 Å². The maximum absolute atomic E-state index is 13.2. The van der Waals surface area contributed by atoms with Crippen LogP contribution in [0.1, 0.15) is 51.0 Å². The van der Waals surface area contributed by atoms with Crippen LogP contribution in [0.2, 0.25) is 0 Å². The molecule has 3 atom stereocenters. The van der Waals surface area contributed by atoms with Crippen LogP contribution in [0.25, 0.3) is 0 Å². The first-order valence-corrected chi connectivity index (χ1v) is 12.3. The zero-order valence-electron chi connectivity index (χ0n) is 20.3. The summed E-state index contributed by atoms with van der Waals surface area (Å²) >= 11 is 0. The molecule has 0 aliphatic carbocycles. The smallest absolute Gasteiger partial charge is 0.258 e. The van der Waals surface area contributed by atoms with Gasteiger partial charge in [0.25, 0.3) is 5.56 Å². The van der Waals surface area contributed by atoms with E-state index in [0.29, 0.717) is 23.1 Å². The highest BCUT2D eigenvalue weighted by Gasteiger charge is 2.36. The van der Waals surface area contributed by atoms with Crippen LogP contribution in [0.15, 0.2) is 59.4 Å². The molecule has 1 saturated heterocycles. The summed E-state index contributed by atoms with van der Waals surface area (Å²) in [7, 11) is 0. The van der Waals surface area contributed by atoms with E-state index in [1.807, 2.05) is 30.3 Å². The van der Waals surface area contributed by atoms with Gasteiger partial charge < -0.3 is 20.3 Å². The van der Waals surface area contributed by atoms with Gasteiger partial charge in [-0.05, 0) is 69.5 Å². The number of amides is 2. The van der Waals surface area contributed by atoms with Crippen LogP contribution in [0.3, 0.4) is 0 Å². The third kappa shape index (κ3) is 4.82. The SMILES string of the molecule is C[C@@H]1CCC[C@H](C)N1c1nc2c(c(=O)[nH]1)[C@@H](C(=O)Nc1ccc(Oc3ccccc3)cc1)CC(=O)N2. The van der Waals surface area contributed by atoms with Crippen LogP contribution < -0.4 is 25.8 Å². The normalized spacial score (nSPS) is 21.3. The van der Waals surface area contributed by atoms with E-state index in [2.05, 4.69) is 39.3 Å². The number of benzene rings is 2. The summed E-state index contributed by atoms with van der Waals surface area (Å²) in [5.41, 5.74) is 0.300. The molecule has 3 heterocycles.